The second-order valence-corrected chi connectivity index (χ2v) is 12.4. The fourth-order valence-electron chi connectivity index (χ4n) is 3.62. The highest BCUT2D eigenvalue weighted by molar-refractivity contribution is 7.89. The number of halogens is 3. The third kappa shape index (κ3) is 4.23. The van der Waals surface area contributed by atoms with E-state index < -0.39 is 32.8 Å². The Kier molecular flexibility index (Phi) is 5.54. The van der Waals surface area contributed by atoms with E-state index in [0.717, 1.165) is 21.6 Å². The SMILES string of the molecule is Cc1nc(C)c(Cn2nc(-c3nnc(C(F)F)s3)c3cc(S(=O)(=O)NC4(C)CC4)cc(F)c32)s1. The second kappa shape index (κ2) is 8.07. The molecule has 5 rings (SSSR count). The summed E-state index contributed by atoms with van der Waals surface area (Å²) in [4.78, 5) is 4.95. The normalized spacial score (nSPS) is 15.5. The van der Waals surface area contributed by atoms with Crippen molar-refractivity contribution in [1.29, 1.82) is 0 Å². The molecule has 3 heterocycles. The number of rotatable bonds is 7. The Bertz CT molecular complexity index is 1520. The number of benzene rings is 1. The van der Waals surface area contributed by atoms with Gasteiger partial charge in [-0.2, -0.15) is 5.10 Å². The molecule has 180 valence electrons. The molecular weight excluding hydrogens is 509 g/mol. The second-order valence-electron chi connectivity index (χ2n) is 8.46. The van der Waals surface area contributed by atoms with Crippen molar-refractivity contribution in [2.24, 2.45) is 0 Å². The lowest BCUT2D eigenvalue weighted by Crippen LogP contribution is -2.34. The zero-order valence-corrected chi connectivity index (χ0v) is 20.7. The molecule has 0 radical (unpaired) electrons. The van der Waals surface area contributed by atoms with Gasteiger partial charge in [-0.25, -0.2) is 31.3 Å². The number of sulfonamides is 1. The van der Waals surface area contributed by atoms with Gasteiger partial charge >= 0.3 is 0 Å². The van der Waals surface area contributed by atoms with Crippen LogP contribution in [0.2, 0.25) is 0 Å². The van der Waals surface area contributed by atoms with Gasteiger partial charge < -0.3 is 0 Å². The first kappa shape index (κ1) is 23.3. The highest BCUT2D eigenvalue weighted by Crippen LogP contribution is 2.38. The molecular formula is C20H19F3N6O2S3. The molecule has 1 fully saturated rings. The Hall–Kier alpha value is -2.42. The van der Waals surface area contributed by atoms with Crippen LogP contribution in [0.4, 0.5) is 13.2 Å². The van der Waals surface area contributed by atoms with Crippen LogP contribution in [0.15, 0.2) is 17.0 Å². The van der Waals surface area contributed by atoms with E-state index in [4.69, 9.17) is 0 Å². The maximum Gasteiger partial charge on any atom is 0.291 e. The summed E-state index contributed by atoms with van der Waals surface area (Å²) in [7, 11) is -4.02. The van der Waals surface area contributed by atoms with Gasteiger partial charge in [0.25, 0.3) is 6.43 Å². The fraction of sp³-hybridized carbons (Fsp3) is 0.400. The van der Waals surface area contributed by atoms with Crippen LogP contribution in [0.1, 0.15) is 46.8 Å². The van der Waals surface area contributed by atoms with E-state index in [-0.39, 0.29) is 33.0 Å². The van der Waals surface area contributed by atoms with E-state index in [0.29, 0.717) is 24.2 Å². The molecule has 0 atom stereocenters. The van der Waals surface area contributed by atoms with Crippen LogP contribution in [0.3, 0.4) is 0 Å². The van der Waals surface area contributed by atoms with E-state index >= 15 is 4.39 Å². The zero-order chi connectivity index (χ0) is 24.4. The van der Waals surface area contributed by atoms with Gasteiger partial charge in [-0.15, -0.1) is 21.5 Å². The van der Waals surface area contributed by atoms with Crippen molar-refractivity contribution in [2.45, 2.75) is 57.0 Å². The Morgan fingerprint density at radius 2 is 1.94 bits per heavy atom. The summed E-state index contributed by atoms with van der Waals surface area (Å²) in [5.41, 5.74) is 0.354. The van der Waals surface area contributed by atoms with Gasteiger partial charge in [0, 0.05) is 15.8 Å². The van der Waals surface area contributed by atoms with Crippen LogP contribution in [0.25, 0.3) is 21.6 Å². The molecule has 0 amide bonds. The lowest BCUT2D eigenvalue weighted by atomic mass is 10.2. The maximum atomic E-state index is 15.4. The van der Waals surface area contributed by atoms with Crippen LogP contribution < -0.4 is 4.72 Å². The monoisotopic (exact) mass is 528 g/mol. The van der Waals surface area contributed by atoms with E-state index in [1.54, 1.807) is 6.92 Å². The predicted octanol–water partition coefficient (Wildman–Crippen LogP) is 4.58. The molecule has 14 heteroatoms. The van der Waals surface area contributed by atoms with Crippen molar-refractivity contribution in [2.75, 3.05) is 0 Å². The lowest BCUT2D eigenvalue weighted by Gasteiger charge is -2.12. The smallest absolute Gasteiger partial charge is 0.256 e. The zero-order valence-electron chi connectivity index (χ0n) is 18.3. The van der Waals surface area contributed by atoms with Gasteiger partial charge in [-0.1, -0.05) is 11.3 Å². The van der Waals surface area contributed by atoms with Crippen molar-refractivity contribution >= 4 is 43.6 Å². The minimum atomic E-state index is -4.02. The van der Waals surface area contributed by atoms with E-state index in [2.05, 4.69) is 25.0 Å². The Morgan fingerprint density at radius 1 is 1.21 bits per heavy atom. The number of aryl methyl sites for hydroxylation is 2. The Morgan fingerprint density at radius 3 is 2.53 bits per heavy atom. The minimum absolute atomic E-state index is 0.0471. The van der Waals surface area contributed by atoms with E-state index in [1.165, 1.54) is 22.1 Å². The molecule has 34 heavy (non-hydrogen) atoms. The first-order chi connectivity index (χ1) is 16.0. The highest BCUT2D eigenvalue weighted by Gasteiger charge is 2.41. The molecule has 4 aromatic rings. The van der Waals surface area contributed by atoms with Gasteiger partial charge in [-0.3, -0.25) is 4.68 Å². The average Bonchev–Trinajstić information content (AvgIpc) is 3.10. The molecule has 1 saturated carbocycles. The molecule has 1 aliphatic carbocycles. The minimum Gasteiger partial charge on any atom is -0.256 e. The summed E-state index contributed by atoms with van der Waals surface area (Å²) in [5.74, 6) is -0.796. The number of hydrogen-bond acceptors (Lipinski definition) is 8. The predicted molar refractivity (Wildman–Crippen MR) is 122 cm³/mol. The Balaban J connectivity index is 1.69. The molecule has 0 unspecified atom stereocenters. The summed E-state index contributed by atoms with van der Waals surface area (Å²) in [6, 6.07) is 2.26. The van der Waals surface area contributed by atoms with Crippen LogP contribution in [0, 0.1) is 19.7 Å². The first-order valence-corrected chi connectivity index (χ1v) is 13.4. The third-order valence-corrected chi connectivity index (χ3v) is 9.20. The van der Waals surface area contributed by atoms with Crippen molar-refractivity contribution in [3.05, 3.63) is 38.5 Å². The molecule has 1 aromatic carbocycles. The van der Waals surface area contributed by atoms with Crippen LogP contribution in [0.5, 0.6) is 0 Å². The standard InChI is InChI=1S/C20H19F3N6O2S3/c1-9-14(32-10(2)24-9)8-29-16-12(15(27-29)18-25-26-19(33-18)17(22)23)6-11(7-13(16)21)34(30,31)28-20(3)4-5-20/h6-7,17,28H,4-5,8H2,1-3H3. The van der Waals surface area contributed by atoms with Crippen LogP contribution in [-0.4, -0.2) is 38.9 Å². The van der Waals surface area contributed by atoms with Gasteiger partial charge in [0.15, 0.2) is 10.0 Å². The van der Waals surface area contributed by atoms with E-state index in [9.17, 15) is 17.2 Å². The Labute approximate surface area is 200 Å². The molecule has 8 nitrogen and oxygen atoms in total. The van der Waals surface area contributed by atoms with Crippen LogP contribution in [-0.2, 0) is 16.6 Å². The molecule has 0 aliphatic heterocycles. The van der Waals surface area contributed by atoms with Crippen molar-refractivity contribution < 1.29 is 21.6 Å². The average molecular weight is 529 g/mol. The van der Waals surface area contributed by atoms with Gasteiger partial charge in [-0.05, 0) is 45.7 Å². The third-order valence-electron chi connectivity index (χ3n) is 5.58. The number of nitrogens with one attached hydrogen (secondary N) is 1. The van der Waals surface area contributed by atoms with Gasteiger partial charge in [0.2, 0.25) is 10.0 Å². The van der Waals surface area contributed by atoms with Crippen molar-refractivity contribution in [3.8, 4) is 10.7 Å². The number of fused-ring (bicyclic) bond motifs is 1. The highest BCUT2D eigenvalue weighted by atomic mass is 32.2. The number of alkyl halides is 2. The molecule has 0 saturated heterocycles. The molecule has 0 bridgehead atoms. The topological polar surface area (TPSA) is 103 Å². The largest absolute Gasteiger partial charge is 0.291 e. The number of thiazole rings is 1. The number of nitrogens with zero attached hydrogens (tertiary/aromatic N) is 5. The quantitative estimate of drug-likeness (QED) is 0.377. The maximum absolute atomic E-state index is 15.4. The summed E-state index contributed by atoms with van der Waals surface area (Å²) in [6.07, 6.45) is -1.44. The summed E-state index contributed by atoms with van der Waals surface area (Å²) < 4.78 is 71.5. The lowest BCUT2D eigenvalue weighted by molar-refractivity contribution is 0.150. The molecule has 3 aromatic heterocycles. The summed E-state index contributed by atoms with van der Waals surface area (Å²) in [6.45, 7) is 5.63. The van der Waals surface area contributed by atoms with Crippen molar-refractivity contribution in [3.63, 3.8) is 0 Å². The first-order valence-electron chi connectivity index (χ1n) is 10.2. The fourth-order valence-corrected chi connectivity index (χ4v) is 6.74. The van der Waals surface area contributed by atoms with Gasteiger partial charge in [0.1, 0.15) is 17.0 Å². The molecule has 0 spiro atoms. The molecule has 1 N–H and O–H groups in total. The molecule has 1 aliphatic rings. The van der Waals surface area contributed by atoms with Gasteiger partial charge in [0.05, 0.1) is 22.1 Å². The number of aromatic nitrogens is 5. The number of hydrogen-bond donors (Lipinski definition) is 1. The van der Waals surface area contributed by atoms with E-state index in [1.807, 2.05) is 13.8 Å². The van der Waals surface area contributed by atoms with Crippen LogP contribution >= 0.6 is 22.7 Å². The van der Waals surface area contributed by atoms with Crippen molar-refractivity contribution in [1.82, 2.24) is 29.7 Å². The summed E-state index contributed by atoms with van der Waals surface area (Å²) in [5, 5.41) is 12.3. The summed E-state index contributed by atoms with van der Waals surface area (Å²) >= 11 is 2.06.